The van der Waals surface area contributed by atoms with Crippen LogP contribution in [0.1, 0.15) is 0 Å². The van der Waals surface area contributed by atoms with Gasteiger partial charge in [-0.3, -0.25) is 0 Å². The molecule has 0 saturated heterocycles. The van der Waals surface area contributed by atoms with E-state index in [1.54, 1.807) is 0 Å². The molecule has 0 saturated carbocycles. The summed E-state index contributed by atoms with van der Waals surface area (Å²) in [5.41, 5.74) is 0. The minimum absolute atomic E-state index is 0. The van der Waals surface area contributed by atoms with Crippen molar-refractivity contribution in [1.29, 1.82) is 0 Å². The zero-order valence-corrected chi connectivity index (χ0v) is 5.86. The van der Waals surface area contributed by atoms with Crippen molar-refractivity contribution in [2.45, 2.75) is 0 Å². The third-order valence-corrected chi connectivity index (χ3v) is 0. The van der Waals surface area contributed by atoms with Crippen LogP contribution in [-0.4, -0.2) is 22.1 Å². The molecule has 0 bridgehead atoms. The predicted molar refractivity (Wildman–Crippen MR) is 19.3 cm³/mol. The molecule has 0 aliphatic carbocycles. The molecular formula is B3CrO6. The molecule has 0 aromatic heterocycles. The van der Waals surface area contributed by atoms with Gasteiger partial charge >= 0.3 is 68.6 Å². The molecule has 0 atom stereocenters. The predicted octanol–water partition coefficient (Wildman–Crippen LogP) is -5.07. The molecule has 0 heterocycles. The zero-order chi connectivity index (χ0) is 8.12. The molecule has 0 fully saturated rings. The SMILES string of the molecule is O=B[O-].O=B[O-].O=B[O-].[Cr+3]. The van der Waals surface area contributed by atoms with Gasteiger partial charge in [-0.15, -0.1) is 0 Å². The van der Waals surface area contributed by atoms with E-state index in [1.165, 1.54) is 0 Å². The second-order valence-electron chi connectivity index (χ2n) is 0.289. The molecule has 51 valence electrons. The Kier molecular flexibility index (Phi) is 172. The van der Waals surface area contributed by atoms with Crippen molar-refractivity contribution in [3.05, 3.63) is 0 Å². The first-order valence-corrected chi connectivity index (χ1v) is 1.41. The largest absolute Gasteiger partial charge is 3.00 e. The van der Waals surface area contributed by atoms with Crippen molar-refractivity contribution in [3.8, 4) is 0 Å². The van der Waals surface area contributed by atoms with Crippen LogP contribution in [0.3, 0.4) is 0 Å². The van der Waals surface area contributed by atoms with Gasteiger partial charge in [0.2, 0.25) is 0 Å². The van der Waals surface area contributed by atoms with E-state index < -0.39 is 22.1 Å². The molecule has 0 rings (SSSR count). The van der Waals surface area contributed by atoms with Gasteiger partial charge in [-0.2, -0.15) is 0 Å². The van der Waals surface area contributed by atoms with E-state index in [2.05, 4.69) is 0 Å². The van der Waals surface area contributed by atoms with Gasteiger partial charge in [0.25, 0.3) is 0 Å². The second-order valence-corrected chi connectivity index (χ2v) is 0.289. The topological polar surface area (TPSA) is 120 Å². The molecule has 10 heteroatoms. The van der Waals surface area contributed by atoms with E-state index in [-0.39, 0.29) is 17.4 Å². The van der Waals surface area contributed by atoms with Crippen LogP contribution in [-0.2, 0) is 31.5 Å². The Morgan fingerprint density at radius 3 is 0.700 bits per heavy atom. The van der Waals surface area contributed by atoms with Crippen molar-refractivity contribution in [1.82, 2.24) is 0 Å². The fourth-order valence-electron chi connectivity index (χ4n) is 0. The molecule has 1 radical (unpaired) electrons. The van der Waals surface area contributed by atoms with Crippen LogP contribution in [0, 0.1) is 0 Å². The molecule has 0 aliphatic rings. The fraction of sp³-hybridized carbons (Fsp3) is 0. The second kappa shape index (κ2) is 75.6. The first-order valence-electron chi connectivity index (χ1n) is 1.41. The Morgan fingerprint density at radius 2 is 0.700 bits per heavy atom. The maximum Gasteiger partial charge on any atom is 3.00 e. The van der Waals surface area contributed by atoms with Crippen molar-refractivity contribution in [3.63, 3.8) is 0 Å². The summed E-state index contributed by atoms with van der Waals surface area (Å²) < 4.78 is 24.8. The Hall–Kier alpha value is -0.473. The number of hydrogen-bond donors (Lipinski definition) is 0. The van der Waals surface area contributed by atoms with Crippen molar-refractivity contribution in [2.24, 2.45) is 0 Å². The molecule has 0 aliphatic heterocycles. The normalized spacial score (nSPS) is 2.40. The molecule has 0 unspecified atom stereocenters. The first-order chi connectivity index (χ1) is 4.24. The summed E-state index contributed by atoms with van der Waals surface area (Å²) in [7, 11) is -1.50. The molecule has 0 amide bonds. The van der Waals surface area contributed by atoms with E-state index in [0.29, 0.717) is 0 Å². The molecule has 0 aromatic carbocycles. The third-order valence-electron chi connectivity index (χ3n) is 0. The average molecular weight is 180 g/mol. The van der Waals surface area contributed by atoms with Crippen LogP contribution in [0.2, 0.25) is 0 Å². The van der Waals surface area contributed by atoms with Gasteiger partial charge in [0.05, 0.1) is 0 Å². The van der Waals surface area contributed by atoms with Crippen molar-refractivity contribution >= 4 is 22.1 Å². The average Bonchev–Trinajstić information content (AvgIpc) is 1.70. The molecule has 10 heavy (non-hydrogen) atoms. The van der Waals surface area contributed by atoms with Gasteiger partial charge < -0.3 is 0 Å². The zero-order valence-electron chi connectivity index (χ0n) is 4.59. The maximum absolute atomic E-state index is 8.25. The van der Waals surface area contributed by atoms with E-state index in [4.69, 9.17) is 29.2 Å². The van der Waals surface area contributed by atoms with E-state index in [9.17, 15) is 0 Å². The van der Waals surface area contributed by atoms with Gasteiger partial charge in [0, 0.05) is 0 Å². The van der Waals surface area contributed by atoms with Crippen LogP contribution in [0.4, 0.5) is 0 Å². The smallest absolute Gasteiger partial charge is 3.00 e. The summed E-state index contributed by atoms with van der Waals surface area (Å²) in [6.07, 6.45) is 0. The van der Waals surface area contributed by atoms with Gasteiger partial charge in [-0.1, -0.05) is 0 Å². The van der Waals surface area contributed by atoms with E-state index >= 15 is 0 Å². The number of hydrogen-bond acceptors (Lipinski definition) is 6. The fourth-order valence-corrected chi connectivity index (χ4v) is 0. The maximum atomic E-state index is 8.25. The van der Waals surface area contributed by atoms with Crippen LogP contribution in [0.25, 0.3) is 0 Å². The molecular weight excluding hydrogens is 180 g/mol. The summed E-state index contributed by atoms with van der Waals surface area (Å²) in [4.78, 5) is 0. The number of rotatable bonds is 0. The molecule has 0 aromatic rings. The molecule has 0 spiro atoms. The Labute approximate surface area is 69.2 Å². The quantitative estimate of drug-likeness (QED) is 0.344. The van der Waals surface area contributed by atoms with E-state index in [0.717, 1.165) is 0 Å². The van der Waals surface area contributed by atoms with Crippen molar-refractivity contribution < 1.29 is 46.5 Å². The summed E-state index contributed by atoms with van der Waals surface area (Å²) in [6, 6.07) is 0. The summed E-state index contributed by atoms with van der Waals surface area (Å²) in [6.45, 7) is 0. The van der Waals surface area contributed by atoms with Gasteiger partial charge in [0.15, 0.2) is 0 Å². The minimum Gasteiger partial charge on any atom is 3.00 e. The van der Waals surface area contributed by atoms with Crippen LogP contribution in [0.15, 0.2) is 0 Å². The third kappa shape index (κ3) is 1440. The van der Waals surface area contributed by atoms with Crippen LogP contribution >= 0.6 is 0 Å². The monoisotopic (exact) mass is 181 g/mol. The summed E-state index contributed by atoms with van der Waals surface area (Å²) in [5, 5.41) is 24.8. The molecule has 6 nitrogen and oxygen atoms in total. The van der Waals surface area contributed by atoms with Gasteiger partial charge in [-0.05, 0) is 0 Å². The summed E-state index contributed by atoms with van der Waals surface area (Å²) >= 11 is 0. The Bertz CT molecular complexity index is 49.7. The van der Waals surface area contributed by atoms with Crippen molar-refractivity contribution in [2.75, 3.05) is 0 Å². The van der Waals surface area contributed by atoms with Crippen LogP contribution in [0.5, 0.6) is 0 Å². The van der Waals surface area contributed by atoms with Gasteiger partial charge in [0.1, 0.15) is 0 Å². The molecule has 0 N–H and O–H groups in total. The Morgan fingerprint density at radius 1 is 0.700 bits per heavy atom. The van der Waals surface area contributed by atoms with Crippen LogP contribution < -0.4 is 15.1 Å². The first kappa shape index (κ1) is 22.7. The Balaban J connectivity index is -0.0000000257. The van der Waals surface area contributed by atoms with Gasteiger partial charge in [-0.25, -0.2) is 0 Å². The minimum atomic E-state index is -0.500. The summed E-state index contributed by atoms with van der Waals surface area (Å²) in [5.74, 6) is 0. The van der Waals surface area contributed by atoms with E-state index in [1.807, 2.05) is 0 Å². The standard InChI is InChI=1S/3BO2.Cr/c3*2-1-3;/q3*-1;+3.